The number of rotatable bonds is 5. The van der Waals surface area contributed by atoms with Gasteiger partial charge in [0.25, 0.3) is 0 Å². The lowest BCUT2D eigenvalue weighted by molar-refractivity contribution is -0.137. The fourth-order valence-electron chi connectivity index (χ4n) is 1.38. The molecule has 0 saturated heterocycles. The largest absolute Gasteiger partial charge is 0.495 e. The van der Waals surface area contributed by atoms with Gasteiger partial charge in [-0.2, -0.15) is 0 Å². The van der Waals surface area contributed by atoms with Crippen LogP contribution in [0.15, 0.2) is 18.3 Å². The summed E-state index contributed by atoms with van der Waals surface area (Å²) in [5.74, 6) is -0.619. The van der Waals surface area contributed by atoms with Gasteiger partial charge in [0.05, 0.1) is 19.2 Å². The Hall–Kier alpha value is -1.62. The highest BCUT2D eigenvalue weighted by molar-refractivity contribution is 5.68. The topological polar surface area (TPSA) is 85.4 Å². The second-order valence-corrected chi connectivity index (χ2v) is 3.12. The number of aliphatic carboxylic acids is 1. The zero-order valence-corrected chi connectivity index (χ0v) is 8.51. The lowest BCUT2D eigenvalue weighted by atomic mass is 10.0. The first-order chi connectivity index (χ1) is 7.19. The predicted octanol–water partition coefficient (Wildman–Crippen LogP) is 0.607. The Balaban J connectivity index is 2.95. The molecule has 1 heterocycles. The monoisotopic (exact) mass is 210 g/mol. The number of carboxylic acid groups (broad SMARTS) is 1. The summed E-state index contributed by atoms with van der Waals surface area (Å²) >= 11 is 0. The summed E-state index contributed by atoms with van der Waals surface area (Å²) in [5, 5.41) is 8.72. The Bertz CT molecular complexity index is 341. The molecule has 1 aromatic heterocycles. The molecule has 0 aromatic carbocycles. The molecule has 0 aliphatic heterocycles. The number of hydrogen-bond donors (Lipinski definition) is 2. The maximum Gasteiger partial charge on any atom is 0.304 e. The van der Waals surface area contributed by atoms with Crippen molar-refractivity contribution in [1.29, 1.82) is 0 Å². The van der Waals surface area contributed by atoms with Crippen molar-refractivity contribution in [3.8, 4) is 5.75 Å². The molecule has 5 heteroatoms. The van der Waals surface area contributed by atoms with Crippen LogP contribution < -0.4 is 10.5 Å². The molecule has 5 nitrogen and oxygen atoms in total. The van der Waals surface area contributed by atoms with E-state index in [0.29, 0.717) is 11.4 Å². The van der Waals surface area contributed by atoms with Gasteiger partial charge in [0, 0.05) is 18.7 Å². The lowest BCUT2D eigenvalue weighted by Crippen LogP contribution is -2.18. The van der Waals surface area contributed by atoms with Gasteiger partial charge in [0.1, 0.15) is 5.75 Å². The van der Waals surface area contributed by atoms with E-state index in [0.717, 1.165) is 0 Å². The molecule has 0 radical (unpaired) electrons. The minimum atomic E-state index is -0.891. The second-order valence-electron chi connectivity index (χ2n) is 3.12. The summed E-state index contributed by atoms with van der Waals surface area (Å²) in [6.07, 6.45) is 1.56. The number of carbonyl (C=O) groups is 1. The molecule has 0 bridgehead atoms. The van der Waals surface area contributed by atoms with Crippen molar-refractivity contribution in [2.75, 3.05) is 13.7 Å². The lowest BCUT2D eigenvalue weighted by Gasteiger charge is -2.14. The van der Waals surface area contributed by atoms with Crippen LogP contribution in [0.2, 0.25) is 0 Å². The molecule has 0 amide bonds. The summed E-state index contributed by atoms with van der Waals surface area (Å²) in [6.45, 7) is 0.236. The van der Waals surface area contributed by atoms with Gasteiger partial charge < -0.3 is 15.6 Å². The van der Waals surface area contributed by atoms with Crippen LogP contribution in [-0.4, -0.2) is 29.7 Å². The first-order valence-corrected chi connectivity index (χ1v) is 4.59. The fourth-order valence-corrected chi connectivity index (χ4v) is 1.38. The van der Waals surface area contributed by atoms with Gasteiger partial charge in [-0.1, -0.05) is 0 Å². The van der Waals surface area contributed by atoms with E-state index in [-0.39, 0.29) is 18.9 Å². The van der Waals surface area contributed by atoms with Crippen LogP contribution in [0.1, 0.15) is 18.0 Å². The van der Waals surface area contributed by atoms with Gasteiger partial charge in [0.2, 0.25) is 0 Å². The molecule has 1 unspecified atom stereocenters. The maximum absolute atomic E-state index is 10.6. The van der Waals surface area contributed by atoms with Crippen LogP contribution in [0, 0.1) is 0 Å². The van der Waals surface area contributed by atoms with E-state index in [2.05, 4.69) is 4.98 Å². The number of nitrogens with zero attached hydrogens (tertiary/aromatic N) is 1. The summed E-state index contributed by atoms with van der Waals surface area (Å²) < 4.78 is 5.10. The van der Waals surface area contributed by atoms with Crippen LogP contribution in [-0.2, 0) is 4.79 Å². The SMILES string of the molecule is COc1cccnc1C(CN)CC(=O)O. The van der Waals surface area contributed by atoms with Crippen LogP contribution in [0.25, 0.3) is 0 Å². The summed E-state index contributed by atoms with van der Waals surface area (Å²) in [6, 6.07) is 3.48. The summed E-state index contributed by atoms with van der Waals surface area (Å²) in [5.41, 5.74) is 6.12. The zero-order chi connectivity index (χ0) is 11.3. The minimum Gasteiger partial charge on any atom is -0.495 e. The number of methoxy groups -OCH3 is 1. The van der Waals surface area contributed by atoms with Crippen molar-refractivity contribution in [2.24, 2.45) is 5.73 Å². The van der Waals surface area contributed by atoms with Crippen LogP contribution >= 0.6 is 0 Å². The van der Waals surface area contributed by atoms with Gasteiger partial charge in [0.15, 0.2) is 0 Å². The molecule has 15 heavy (non-hydrogen) atoms. The molecular formula is C10H14N2O3. The molecule has 1 aromatic rings. The quantitative estimate of drug-likeness (QED) is 0.743. The summed E-state index contributed by atoms with van der Waals surface area (Å²) in [7, 11) is 1.52. The molecule has 0 fully saturated rings. The van der Waals surface area contributed by atoms with Crippen molar-refractivity contribution >= 4 is 5.97 Å². The minimum absolute atomic E-state index is 0.0378. The molecule has 0 spiro atoms. The van der Waals surface area contributed by atoms with Gasteiger partial charge in [-0.25, -0.2) is 0 Å². The Morgan fingerprint density at radius 2 is 2.47 bits per heavy atom. The first-order valence-electron chi connectivity index (χ1n) is 4.59. The van der Waals surface area contributed by atoms with E-state index in [9.17, 15) is 4.79 Å². The maximum atomic E-state index is 10.6. The number of carboxylic acids is 1. The van der Waals surface area contributed by atoms with Crippen molar-refractivity contribution in [1.82, 2.24) is 4.98 Å². The highest BCUT2D eigenvalue weighted by Crippen LogP contribution is 2.25. The average molecular weight is 210 g/mol. The fraction of sp³-hybridized carbons (Fsp3) is 0.400. The summed E-state index contributed by atoms with van der Waals surface area (Å²) in [4.78, 5) is 14.7. The van der Waals surface area contributed by atoms with Gasteiger partial charge >= 0.3 is 5.97 Å². The standard InChI is InChI=1S/C10H14N2O3/c1-15-8-3-2-4-12-10(8)7(6-11)5-9(13)14/h2-4,7H,5-6,11H2,1H3,(H,13,14). The Morgan fingerprint density at radius 1 is 1.73 bits per heavy atom. The van der Waals surface area contributed by atoms with Crippen molar-refractivity contribution < 1.29 is 14.6 Å². The predicted molar refractivity (Wildman–Crippen MR) is 54.8 cm³/mol. The van der Waals surface area contributed by atoms with Crippen LogP contribution in [0.3, 0.4) is 0 Å². The third-order valence-electron chi connectivity index (χ3n) is 2.11. The highest BCUT2D eigenvalue weighted by Gasteiger charge is 2.18. The van der Waals surface area contributed by atoms with E-state index >= 15 is 0 Å². The van der Waals surface area contributed by atoms with E-state index in [1.807, 2.05) is 0 Å². The third kappa shape index (κ3) is 2.92. The molecule has 1 atom stereocenters. The third-order valence-corrected chi connectivity index (χ3v) is 2.11. The molecule has 3 N–H and O–H groups in total. The number of ether oxygens (including phenoxy) is 1. The van der Waals surface area contributed by atoms with Crippen LogP contribution in [0.4, 0.5) is 0 Å². The average Bonchev–Trinajstić information content (AvgIpc) is 2.25. The number of hydrogen-bond acceptors (Lipinski definition) is 4. The second kappa shape index (κ2) is 5.31. The molecule has 0 aliphatic carbocycles. The van der Waals surface area contributed by atoms with Crippen molar-refractivity contribution in [2.45, 2.75) is 12.3 Å². The Kier molecular flexibility index (Phi) is 4.05. The molecule has 0 saturated carbocycles. The highest BCUT2D eigenvalue weighted by atomic mass is 16.5. The normalized spacial score (nSPS) is 12.1. The number of aromatic nitrogens is 1. The van der Waals surface area contributed by atoms with Crippen molar-refractivity contribution in [3.05, 3.63) is 24.0 Å². The number of nitrogens with two attached hydrogens (primary N) is 1. The molecule has 82 valence electrons. The van der Waals surface area contributed by atoms with Crippen LogP contribution in [0.5, 0.6) is 5.75 Å². The van der Waals surface area contributed by atoms with E-state index in [1.54, 1.807) is 18.3 Å². The van der Waals surface area contributed by atoms with E-state index in [1.165, 1.54) is 7.11 Å². The van der Waals surface area contributed by atoms with Crippen molar-refractivity contribution in [3.63, 3.8) is 0 Å². The number of pyridine rings is 1. The van der Waals surface area contributed by atoms with Gasteiger partial charge in [-0.15, -0.1) is 0 Å². The molecular weight excluding hydrogens is 196 g/mol. The van der Waals surface area contributed by atoms with E-state index in [4.69, 9.17) is 15.6 Å². The van der Waals surface area contributed by atoms with Gasteiger partial charge in [-0.05, 0) is 12.1 Å². The van der Waals surface area contributed by atoms with E-state index < -0.39 is 5.97 Å². The molecule has 1 rings (SSSR count). The first kappa shape index (κ1) is 11.5. The molecule has 0 aliphatic rings. The van der Waals surface area contributed by atoms with Gasteiger partial charge in [-0.3, -0.25) is 9.78 Å². The Morgan fingerprint density at radius 3 is 3.00 bits per heavy atom. The zero-order valence-electron chi connectivity index (χ0n) is 8.51. The smallest absolute Gasteiger partial charge is 0.304 e. The Labute approximate surface area is 87.9 Å².